The second kappa shape index (κ2) is 5.62. The third-order valence-corrected chi connectivity index (χ3v) is 5.31. The minimum absolute atomic E-state index is 0.102. The Kier molecular flexibility index (Phi) is 4.25. The van der Waals surface area contributed by atoms with E-state index in [0.717, 1.165) is 13.0 Å². The lowest BCUT2D eigenvalue weighted by Gasteiger charge is -2.29. The van der Waals surface area contributed by atoms with Gasteiger partial charge in [0, 0.05) is 19.6 Å². The van der Waals surface area contributed by atoms with Gasteiger partial charge in [0.25, 0.3) is 0 Å². The topological polar surface area (TPSA) is 69.6 Å². The molecule has 1 unspecified atom stereocenters. The summed E-state index contributed by atoms with van der Waals surface area (Å²) in [6.07, 6.45) is 6.52. The lowest BCUT2D eigenvalue weighted by molar-refractivity contribution is -0.147. The van der Waals surface area contributed by atoms with E-state index in [4.69, 9.17) is 0 Å². The summed E-state index contributed by atoms with van der Waals surface area (Å²) in [4.78, 5) is 25.0. The summed E-state index contributed by atoms with van der Waals surface area (Å²) in [5.41, 5.74) is -0.515. The van der Waals surface area contributed by atoms with E-state index >= 15 is 0 Å². The molecule has 5 heteroatoms. The third kappa shape index (κ3) is 2.91. The summed E-state index contributed by atoms with van der Waals surface area (Å²) in [5, 5.41) is 12.2. The number of aliphatic carboxylic acids is 1. The van der Waals surface area contributed by atoms with Gasteiger partial charge in [-0.25, -0.2) is 4.79 Å². The predicted octanol–water partition coefficient (Wildman–Crippen LogP) is 2.46. The molecule has 0 bridgehead atoms. The van der Waals surface area contributed by atoms with E-state index < -0.39 is 11.4 Å². The zero-order chi connectivity index (χ0) is 14.8. The molecule has 1 saturated carbocycles. The number of nitrogens with one attached hydrogen (secondary N) is 1. The van der Waals surface area contributed by atoms with Crippen LogP contribution in [0.1, 0.15) is 52.4 Å². The number of likely N-dealkylation sites (tertiary alicyclic amines) is 1. The standard InChI is InChI=1S/C15H26N2O3/c1-3-15(6-4-5-7-15)10-16-13(20)17-9-8-14(2,11-17)12(18)19/h3-11H2,1-2H3,(H,16,20)(H,18,19). The molecule has 0 aromatic heterocycles. The van der Waals surface area contributed by atoms with Crippen LogP contribution < -0.4 is 5.32 Å². The minimum Gasteiger partial charge on any atom is -0.481 e. The van der Waals surface area contributed by atoms with Crippen LogP contribution in [0.15, 0.2) is 0 Å². The maximum atomic E-state index is 12.2. The molecule has 114 valence electrons. The molecule has 20 heavy (non-hydrogen) atoms. The van der Waals surface area contributed by atoms with Crippen LogP contribution in [0.25, 0.3) is 0 Å². The van der Waals surface area contributed by atoms with Crippen molar-refractivity contribution in [3.05, 3.63) is 0 Å². The van der Waals surface area contributed by atoms with Crippen LogP contribution in [0.2, 0.25) is 0 Å². The average molecular weight is 282 g/mol. The van der Waals surface area contributed by atoms with E-state index in [9.17, 15) is 14.7 Å². The molecule has 1 aliphatic carbocycles. The van der Waals surface area contributed by atoms with Gasteiger partial charge in [-0.05, 0) is 38.0 Å². The first-order valence-electron chi connectivity index (χ1n) is 7.67. The molecule has 2 amide bonds. The largest absolute Gasteiger partial charge is 0.481 e. The first kappa shape index (κ1) is 15.1. The molecule has 5 nitrogen and oxygen atoms in total. The summed E-state index contributed by atoms with van der Waals surface area (Å²) in [7, 11) is 0. The minimum atomic E-state index is -0.811. The summed E-state index contributed by atoms with van der Waals surface area (Å²) < 4.78 is 0. The van der Waals surface area contributed by atoms with Crippen molar-refractivity contribution in [1.29, 1.82) is 0 Å². The Morgan fingerprint density at radius 1 is 1.25 bits per heavy atom. The van der Waals surface area contributed by atoms with Gasteiger partial charge in [-0.2, -0.15) is 0 Å². The number of carboxylic acids is 1. The Morgan fingerprint density at radius 2 is 1.90 bits per heavy atom. The summed E-state index contributed by atoms with van der Waals surface area (Å²) in [5.74, 6) is -0.811. The predicted molar refractivity (Wildman–Crippen MR) is 76.5 cm³/mol. The fourth-order valence-corrected chi connectivity index (χ4v) is 3.46. The lowest BCUT2D eigenvalue weighted by Crippen LogP contribution is -2.44. The van der Waals surface area contributed by atoms with Crippen molar-refractivity contribution in [3.63, 3.8) is 0 Å². The molecule has 1 saturated heterocycles. The normalized spacial score (nSPS) is 28.6. The molecule has 0 radical (unpaired) electrons. The molecule has 0 aromatic carbocycles. The van der Waals surface area contributed by atoms with Gasteiger partial charge in [0.2, 0.25) is 0 Å². The second-order valence-electron chi connectivity index (χ2n) is 6.76. The van der Waals surface area contributed by atoms with Crippen molar-refractivity contribution in [1.82, 2.24) is 10.2 Å². The van der Waals surface area contributed by atoms with E-state index in [0.29, 0.717) is 19.5 Å². The third-order valence-electron chi connectivity index (χ3n) is 5.31. The van der Waals surface area contributed by atoms with Gasteiger partial charge in [-0.1, -0.05) is 19.8 Å². The smallest absolute Gasteiger partial charge is 0.317 e. The fraction of sp³-hybridized carbons (Fsp3) is 0.867. The van der Waals surface area contributed by atoms with Crippen molar-refractivity contribution >= 4 is 12.0 Å². The number of rotatable bonds is 4. The van der Waals surface area contributed by atoms with Crippen molar-refractivity contribution in [2.75, 3.05) is 19.6 Å². The highest BCUT2D eigenvalue weighted by molar-refractivity contribution is 5.79. The molecule has 1 atom stereocenters. The van der Waals surface area contributed by atoms with Crippen LogP contribution in [-0.2, 0) is 4.79 Å². The Labute approximate surface area is 120 Å². The second-order valence-corrected chi connectivity index (χ2v) is 6.76. The Hall–Kier alpha value is -1.26. The van der Waals surface area contributed by atoms with Crippen LogP contribution in [0.5, 0.6) is 0 Å². The van der Waals surface area contributed by atoms with Gasteiger partial charge in [0.1, 0.15) is 0 Å². The first-order valence-corrected chi connectivity index (χ1v) is 7.67. The number of carbonyl (C=O) groups is 2. The number of carbonyl (C=O) groups excluding carboxylic acids is 1. The Bertz CT molecular complexity index is 391. The van der Waals surface area contributed by atoms with E-state index in [2.05, 4.69) is 12.2 Å². The molecular formula is C15H26N2O3. The lowest BCUT2D eigenvalue weighted by atomic mass is 9.83. The maximum Gasteiger partial charge on any atom is 0.317 e. The molecule has 0 aromatic rings. The van der Waals surface area contributed by atoms with Crippen LogP contribution in [-0.4, -0.2) is 41.6 Å². The van der Waals surface area contributed by atoms with Gasteiger partial charge in [-0.3, -0.25) is 4.79 Å². The molecule has 2 fully saturated rings. The van der Waals surface area contributed by atoms with Gasteiger partial charge >= 0.3 is 12.0 Å². The van der Waals surface area contributed by atoms with Gasteiger partial charge in [-0.15, -0.1) is 0 Å². The highest BCUT2D eigenvalue weighted by Crippen LogP contribution is 2.40. The molecule has 1 heterocycles. The highest BCUT2D eigenvalue weighted by Gasteiger charge is 2.42. The number of nitrogens with zero attached hydrogens (tertiary/aromatic N) is 1. The van der Waals surface area contributed by atoms with Gasteiger partial charge in [0.05, 0.1) is 5.41 Å². The molecule has 2 N–H and O–H groups in total. The fourth-order valence-electron chi connectivity index (χ4n) is 3.46. The first-order chi connectivity index (χ1) is 9.41. The van der Waals surface area contributed by atoms with E-state index in [1.165, 1.54) is 25.7 Å². The molecule has 2 rings (SSSR count). The van der Waals surface area contributed by atoms with Crippen molar-refractivity contribution < 1.29 is 14.7 Å². The number of hydrogen-bond donors (Lipinski definition) is 2. The van der Waals surface area contributed by atoms with E-state index in [1.54, 1.807) is 11.8 Å². The van der Waals surface area contributed by atoms with Crippen LogP contribution in [0, 0.1) is 10.8 Å². The van der Waals surface area contributed by atoms with Crippen molar-refractivity contribution in [3.8, 4) is 0 Å². The zero-order valence-electron chi connectivity index (χ0n) is 12.6. The number of urea groups is 1. The quantitative estimate of drug-likeness (QED) is 0.832. The Balaban J connectivity index is 1.86. The van der Waals surface area contributed by atoms with Gasteiger partial charge in [0.15, 0.2) is 0 Å². The van der Waals surface area contributed by atoms with Crippen LogP contribution in [0.3, 0.4) is 0 Å². The van der Waals surface area contributed by atoms with Crippen molar-refractivity contribution in [2.24, 2.45) is 10.8 Å². The van der Waals surface area contributed by atoms with Crippen LogP contribution >= 0.6 is 0 Å². The molecule has 0 spiro atoms. The molecular weight excluding hydrogens is 256 g/mol. The van der Waals surface area contributed by atoms with Gasteiger partial charge < -0.3 is 15.3 Å². The summed E-state index contributed by atoms with van der Waals surface area (Å²) >= 11 is 0. The zero-order valence-corrected chi connectivity index (χ0v) is 12.6. The highest BCUT2D eigenvalue weighted by atomic mass is 16.4. The van der Waals surface area contributed by atoms with Crippen LogP contribution in [0.4, 0.5) is 4.79 Å². The number of amides is 2. The maximum absolute atomic E-state index is 12.2. The average Bonchev–Trinajstić information content (AvgIpc) is 3.04. The number of carboxylic acid groups (broad SMARTS) is 1. The summed E-state index contributed by atoms with van der Waals surface area (Å²) in [6, 6.07) is -0.102. The monoisotopic (exact) mass is 282 g/mol. The number of hydrogen-bond acceptors (Lipinski definition) is 2. The molecule has 1 aliphatic heterocycles. The molecule has 2 aliphatic rings. The van der Waals surface area contributed by atoms with E-state index in [-0.39, 0.29) is 11.4 Å². The van der Waals surface area contributed by atoms with E-state index in [1.807, 2.05) is 0 Å². The SMILES string of the molecule is CCC1(CNC(=O)N2CCC(C)(C(=O)O)C2)CCCC1. The van der Waals surface area contributed by atoms with Crippen molar-refractivity contribution in [2.45, 2.75) is 52.4 Å². The summed E-state index contributed by atoms with van der Waals surface area (Å²) in [6.45, 7) is 5.48. The Morgan fingerprint density at radius 3 is 2.40 bits per heavy atom.